The Kier molecular flexibility index (Phi) is 5.43. The van der Waals surface area contributed by atoms with Gasteiger partial charge in [-0.05, 0) is 35.9 Å². The maximum absolute atomic E-state index is 12.7. The molecule has 0 aliphatic carbocycles. The summed E-state index contributed by atoms with van der Waals surface area (Å²) in [5, 5.41) is 1.48. The summed E-state index contributed by atoms with van der Waals surface area (Å²) >= 11 is 7.47. The van der Waals surface area contributed by atoms with Crippen molar-refractivity contribution in [2.24, 2.45) is 4.99 Å². The van der Waals surface area contributed by atoms with Gasteiger partial charge in [0, 0.05) is 22.9 Å². The van der Waals surface area contributed by atoms with E-state index in [4.69, 9.17) is 16.3 Å². The number of carbonyl (C=O) groups excluding carboxylic acids is 1. The molecule has 1 aliphatic heterocycles. The second kappa shape index (κ2) is 7.73. The van der Waals surface area contributed by atoms with Crippen molar-refractivity contribution >= 4 is 34.4 Å². The standard InChI is InChI=1S/C18H17ClN2O2S/c1-23-16-4-2-3-14(11-16)17(22)21-10-9-20-18(21)24-12-13-5-7-15(19)8-6-13/h2-8,11H,9-10,12H2,1H3. The molecule has 1 aliphatic rings. The van der Waals surface area contributed by atoms with Gasteiger partial charge in [-0.1, -0.05) is 41.6 Å². The second-order valence-corrected chi connectivity index (χ2v) is 6.65. The van der Waals surface area contributed by atoms with Crippen LogP contribution in [0, 0.1) is 0 Å². The number of amidine groups is 1. The quantitative estimate of drug-likeness (QED) is 0.824. The summed E-state index contributed by atoms with van der Waals surface area (Å²) in [5.74, 6) is 1.37. The number of benzene rings is 2. The van der Waals surface area contributed by atoms with Crippen molar-refractivity contribution in [3.8, 4) is 5.75 Å². The van der Waals surface area contributed by atoms with E-state index in [1.54, 1.807) is 35.9 Å². The third-order valence-corrected chi connectivity index (χ3v) is 4.98. The van der Waals surface area contributed by atoms with Gasteiger partial charge >= 0.3 is 0 Å². The van der Waals surface area contributed by atoms with Crippen molar-refractivity contribution < 1.29 is 9.53 Å². The minimum absolute atomic E-state index is 0.0474. The van der Waals surface area contributed by atoms with Gasteiger partial charge in [0.15, 0.2) is 5.17 Å². The van der Waals surface area contributed by atoms with Crippen molar-refractivity contribution in [3.63, 3.8) is 0 Å². The Bertz CT molecular complexity index is 762. The molecule has 0 fully saturated rings. The lowest BCUT2D eigenvalue weighted by Crippen LogP contribution is -2.32. The molecule has 3 rings (SSSR count). The maximum Gasteiger partial charge on any atom is 0.260 e. The van der Waals surface area contributed by atoms with Gasteiger partial charge in [-0.3, -0.25) is 14.7 Å². The molecule has 24 heavy (non-hydrogen) atoms. The van der Waals surface area contributed by atoms with Crippen molar-refractivity contribution in [3.05, 3.63) is 64.7 Å². The normalized spacial score (nSPS) is 13.8. The van der Waals surface area contributed by atoms with Crippen LogP contribution < -0.4 is 4.74 Å². The third kappa shape index (κ3) is 3.91. The summed E-state index contributed by atoms with van der Waals surface area (Å²) in [6.45, 7) is 1.25. The highest BCUT2D eigenvalue weighted by Gasteiger charge is 2.25. The topological polar surface area (TPSA) is 41.9 Å². The lowest BCUT2D eigenvalue weighted by molar-refractivity contribution is 0.0860. The fraction of sp³-hybridized carbons (Fsp3) is 0.222. The van der Waals surface area contributed by atoms with Crippen LogP contribution in [0.2, 0.25) is 5.02 Å². The highest BCUT2D eigenvalue weighted by Crippen LogP contribution is 2.23. The van der Waals surface area contributed by atoms with Crippen molar-refractivity contribution in [2.45, 2.75) is 5.75 Å². The van der Waals surface area contributed by atoms with Crippen molar-refractivity contribution in [1.29, 1.82) is 0 Å². The molecule has 1 amide bonds. The smallest absolute Gasteiger partial charge is 0.260 e. The van der Waals surface area contributed by atoms with E-state index in [2.05, 4.69) is 4.99 Å². The summed E-state index contributed by atoms with van der Waals surface area (Å²) in [7, 11) is 1.59. The first-order chi connectivity index (χ1) is 11.7. The number of thioether (sulfide) groups is 1. The number of hydrogen-bond donors (Lipinski definition) is 0. The zero-order valence-electron chi connectivity index (χ0n) is 13.2. The predicted octanol–water partition coefficient (Wildman–Crippen LogP) is 4.09. The van der Waals surface area contributed by atoms with Crippen LogP contribution in [0.3, 0.4) is 0 Å². The first kappa shape index (κ1) is 16.9. The maximum atomic E-state index is 12.7. The van der Waals surface area contributed by atoms with Gasteiger partial charge in [-0.2, -0.15) is 0 Å². The molecule has 0 saturated heterocycles. The highest BCUT2D eigenvalue weighted by molar-refractivity contribution is 8.13. The van der Waals surface area contributed by atoms with E-state index in [-0.39, 0.29) is 5.91 Å². The van der Waals surface area contributed by atoms with Gasteiger partial charge in [0.1, 0.15) is 5.75 Å². The first-order valence-corrected chi connectivity index (χ1v) is 8.91. The van der Waals surface area contributed by atoms with E-state index >= 15 is 0 Å². The van der Waals surface area contributed by atoms with Gasteiger partial charge < -0.3 is 4.74 Å². The van der Waals surface area contributed by atoms with E-state index in [0.29, 0.717) is 24.4 Å². The Morgan fingerprint density at radius 3 is 2.83 bits per heavy atom. The van der Waals surface area contributed by atoms with Crippen LogP contribution in [-0.4, -0.2) is 36.2 Å². The predicted molar refractivity (Wildman–Crippen MR) is 99.1 cm³/mol. The van der Waals surface area contributed by atoms with Crippen LogP contribution >= 0.6 is 23.4 Å². The lowest BCUT2D eigenvalue weighted by atomic mass is 10.2. The van der Waals surface area contributed by atoms with E-state index in [1.807, 2.05) is 36.4 Å². The van der Waals surface area contributed by atoms with Crippen LogP contribution in [0.5, 0.6) is 5.75 Å². The second-order valence-electron chi connectivity index (χ2n) is 5.27. The lowest BCUT2D eigenvalue weighted by Gasteiger charge is -2.18. The summed E-state index contributed by atoms with van der Waals surface area (Å²) in [5.41, 5.74) is 1.75. The molecular weight excluding hydrogens is 344 g/mol. The number of aliphatic imine (C=N–C) groups is 1. The van der Waals surface area contributed by atoms with Gasteiger partial charge in [0.25, 0.3) is 5.91 Å². The largest absolute Gasteiger partial charge is 0.497 e. The molecule has 0 radical (unpaired) electrons. The van der Waals surface area contributed by atoms with E-state index in [0.717, 1.165) is 21.5 Å². The van der Waals surface area contributed by atoms with E-state index in [1.165, 1.54) is 0 Å². The average molecular weight is 361 g/mol. The number of hydrogen-bond acceptors (Lipinski definition) is 4. The Labute approximate surface area is 150 Å². The highest BCUT2D eigenvalue weighted by atomic mass is 35.5. The van der Waals surface area contributed by atoms with Crippen molar-refractivity contribution in [1.82, 2.24) is 4.90 Å². The number of rotatable bonds is 4. The van der Waals surface area contributed by atoms with Gasteiger partial charge in [0.2, 0.25) is 0 Å². The average Bonchev–Trinajstić information content (AvgIpc) is 3.09. The molecular formula is C18H17ClN2O2S. The molecule has 124 valence electrons. The van der Waals surface area contributed by atoms with Crippen LogP contribution in [0.15, 0.2) is 53.5 Å². The molecule has 0 unspecified atom stereocenters. The van der Waals surface area contributed by atoms with E-state index < -0.39 is 0 Å². The molecule has 0 spiro atoms. The fourth-order valence-corrected chi connectivity index (χ4v) is 3.51. The molecule has 1 heterocycles. The number of methoxy groups -OCH3 is 1. The van der Waals surface area contributed by atoms with E-state index in [9.17, 15) is 4.79 Å². The minimum Gasteiger partial charge on any atom is -0.497 e. The molecule has 6 heteroatoms. The molecule has 0 saturated carbocycles. The molecule has 0 aromatic heterocycles. The zero-order valence-corrected chi connectivity index (χ0v) is 14.8. The van der Waals surface area contributed by atoms with Crippen LogP contribution in [0.4, 0.5) is 0 Å². The number of amides is 1. The van der Waals surface area contributed by atoms with Crippen LogP contribution in [0.1, 0.15) is 15.9 Å². The Balaban J connectivity index is 1.68. The number of carbonyl (C=O) groups is 1. The monoisotopic (exact) mass is 360 g/mol. The Morgan fingerprint density at radius 2 is 2.08 bits per heavy atom. The molecule has 0 atom stereocenters. The van der Waals surface area contributed by atoms with Gasteiger partial charge in [-0.15, -0.1) is 0 Å². The van der Waals surface area contributed by atoms with Crippen LogP contribution in [0.25, 0.3) is 0 Å². The summed E-state index contributed by atoms with van der Waals surface area (Å²) in [4.78, 5) is 18.9. The molecule has 2 aromatic rings. The van der Waals surface area contributed by atoms with Gasteiger partial charge in [0.05, 0.1) is 13.7 Å². The molecule has 0 bridgehead atoms. The van der Waals surface area contributed by atoms with Crippen molar-refractivity contribution in [2.75, 3.05) is 20.2 Å². The first-order valence-electron chi connectivity index (χ1n) is 7.55. The summed E-state index contributed by atoms with van der Waals surface area (Å²) in [6, 6.07) is 14.9. The molecule has 4 nitrogen and oxygen atoms in total. The number of nitrogens with zero attached hydrogens (tertiary/aromatic N) is 2. The molecule has 2 aromatic carbocycles. The third-order valence-electron chi connectivity index (χ3n) is 3.64. The Morgan fingerprint density at radius 1 is 1.29 bits per heavy atom. The fourth-order valence-electron chi connectivity index (χ4n) is 2.38. The summed E-state index contributed by atoms with van der Waals surface area (Å²) < 4.78 is 5.19. The SMILES string of the molecule is COc1cccc(C(=O)N2CCN=C2SCc2ccc(Cl)cc2)c1. The zero-order chi connectivity index (χ0) is 16.9. The number of ether oxygens (including phenoxy) is 1. The Hall–Kier alpha value is -1.98. The minimum atomic E-state index is -0.0474. The van der Waals surface area contributed by atoms with Crippen LogP contribution in [-0.2, 0) is 5.75 Å². The summed E-state index contributed by atoms with van der Waals surface area (Å²) in [6.07, 6.45) is 0. The number of halogens is 1. The van der Waals surface area contributed by atoms with Gasteiger partial charge in [-0.25, -0.2) is 0 Å². The molecule has 0 N–H and O–H groups in total.